The average Bonchev–Trinajstić information content (AvgIpc) is 2.96. The van der Waals surface area contributed by atoms with Crippen molar-refractivity contribution in [2.75, 3.05) is 0 Å². The van der Waals surface area contributed by atoms with Gasteiger partial charge in [0.1, 0.15) is 0 Å². The Kier molecular flexibility index (Phi) is 6.86. The van der Waals surface area contributed by atoms with Gasteiger partial charge in [-0.05, 0) is 24.5 Å². The van der Waals surface area contributed by atoms with Crippen molar-refractivity contribution in [3.05, 3.63) is 76.1 Å². The zero-order valence-electron chi connectivity index (χ0n) is 11.8. The fraction of sp³-hybridized carbons (Fsp3) is 0.176. The molecule has 0 aromatic heterocycles. The first-order chi connectivity index (χ1) is 10.2. The Labute approximate surface area is 143 Å². The van der Waals surface area contributed by atoms with E-state index in [-0.39, 0.29) is 0 Å². The topological polar surface area (TPSA) is 14.1 Å². The van der Waals surface area contributed by atoms with Gasteiger partial charge in [-0.15, -0.1) is 12.2 Å². The standard InChI is InChI=1S/C17H16N.2ClH.Ti/c1-13-8-10-16(11-9-13)18-12-15-6-2-4-14-5-3-7-17(14)15;;;/h2-4,6-11H,5,12H2,1H3;2*1H;/q-1;;;+2/p-2. The summed E-state index contributed by atoms with van der Waals surface area (Å²) in [7, 11) is 9.78. The van der Waals surface area contributed by atoms with Gasteiger partial charge in [-0.1, -0.05) is 65.7 Å². The van der Waals surface area contributed by atoms with Crippen LogP contribution in [0.5, 0.6) is 0 Å². The van der Waals surface area contributed by atoms with E-state index in [0.29, 0.717) is 0 Å². The van der Waals surface area contributed by atoms with Crippen LogP contribution in [0, 0.1) is 6.92 Å². The Morgan fingerprint density at radius 3 is 2.52 bits per heavy atom. The van der Waals surface area contributed by atoms with E-state index in [4.69, 9.17) is 18.6 Å². The van der Waals surface area contributed by atoms with Gasteiger partial charge in [-0.3, -0.25) is 0 Å². The van der Waals surface area contributed by atoms with Crippen molar-refractivity contribution < 1.29 is 17.0 Å². The molecule has 21 heavy (non-hydrogen) atoms. The Bertz CT molecular complexity index is 609. The molecule has 2 aromatic rings. The van der Waals surface area contributed by atoms with Gasteiger partial charge >= 0.3 is 35.6 Å². The number of hydrogen-bond donors (Lipinski definition) is 0. The molecule has 0 fully saturated rings. The molecule has 0 saturated heterocycles. The van der Waals surface area contributed by atoms with Crippen molar-refractivity contribution in [1.29, 1.82) is 0 Å². The fourth-order valence-corrected chi connectivity index (χ4v) is 2.33. The second-order valence-electron chi connectivity index (χ2n) is 4.82. The molecule has 1 aliphatic carbocycles. The second kappa shape index (κ2) is 8.65. The van der Waals surface area contributed by atoms with E-state index in [9.17, 15) is 0 Å². The summed E-state index contributed by atoms with van der Waals surface area (Å²) in [5.74, 6) is 0. The monoisotopic (exact) mass is 352 g/mol. The molecular formula is C17H16Cl2NTi-. The van der Waals surface area contributed by atoms with E-state index in [0.717, 1.165) is 18.7 Å². The van der Waals surface area contributed by atoms with Gasteiger partial charge in [-0.25, -0.2) is 0 Å². The first-order valence-electron chi connectivity index (χ1n) is 6.72. The van der Waals surface area contributed by atoms with Crippen LogP contribution in [0.4, 0.5) is 5.69 Å². The Morgan fingerprint density at radius 1 is 1.10 bits per heavy atom. The SMILES string of the molecule is Cc1ccc([N-]Cc2cccc3c2C=CC3)cc1.[Cl][Ti][Cl]. The van der Waals surface area contributed by atoms with E-state index >= 15 is 0 Å². The Morgan fingerprint density at radius 2 is 1.81 bits per heavy atom. The van der Waals surface area contributed by atoms with E-state index in [2.05, 4.69) is 66.9 Å². The first kappa shape index (κ1) is 16.6. The first-order valence-corrected chi connectivity index (χ1v) is 11.0. The zero-order chi connectivity index (χ0) is 15.1. The van der Waals surface area contributed by atoms with Crippen LogP contribution in [-0.2, 0) is 30.0 Å². The van der Waals surface area contributed by atoms with Crippen molar-refractivity contribution in [3.63, 3.8) is 0 Å². The molecule has 0 amide bonds. The molecule has 0 unspecified atom stereocenters. The Balaban J connectivity index is 0.000000497. The molecule has 0 spiro atoms. The van der Waals surface area contributed by atoms with Crippen LogP contribution in [0.25, 0.3) is 11.4 Å². The molecule has 0 aliphatic heterocycles. The van der Waals surface area contributed by atoms with Gasteiger partial charge in [0.25, 0.3) is 0 Å². The average molecular weight is 353 g/mol. The van der Waals surface area contributed by atoms with E-state index in [1.165, 1.54) is 22.3 Å². The van der Waals surface area contributed by atoms with Crippen molar-refractivity contribution in [2.24, 2.45) is 0 Å². The molecule has 0 saturated carbocycles. The molecule has 0 heterocycles. The molecule has 108 valence electrons. The Hall–Kier alpha value is -0.726. The third-order valence-electron chi connectivity index (χ3n) is 3.37. The number of benzene rings is 2. The second-order valence-corrected chi connectivity index (χ2v) is 7.40. The predicted octanol–water partition coefficient (Wildman–Crippen LogP) is 6.15. The van der Waals surface area contributed by atoms with Crippen LogP contribution in [0.1, 0.15) is 22.3 Å². The quantitative estimate of drug-likeness (QED) is 0.588. The number of aryl methyl sites for hydroxylation is 1. The van der Waals surface area contributed by atoms with Gasteiger partial charge in [-0.2, -0.15) is 0 Å². The predicted molar refractivity (Wildman–Crippen MR) is 88.8 cm³/mol. The maximum atomic E-state index is 4.89. The summed E-state index contributed by atoms with van der Waals surface area (Å²) in [5, 5.41) is 4.66. The van der Waals surface area contributed by atoms with Crippen molar-refractivity contribution in [2.45, 2.75) is 19.9 Å². The van der Waals surface area contributed by atoms with Gasteiger partial charge in [0.15, 0.2) is 0 Å². The molecule has 0 bridgehead atoms. The number of rotatable bonds is 3. The number of nitrogens with zero attached hydrogens (tertiary/aromatic N) is 1. The molecule has 4 heteroatoms. The van der Waals surface area contributed by atoms with Gasteiger partial charge in [0.2, 0.25) is 0 Å². The number of hydrogen-bond acceptors (Lipinski definition) is 0. The molecule has 3 rings (SSSR count). The summed E-state index contributed by atoms with van der Waals surface area (Å²) in [6, 6.07) is 14.9. The molecule has 0 radical (unpaired) electrons. The normalized spacial score (nSPS) is 11.4. The zero-order valence-corrected chi connectivity index (χ0v) is 14.9. The summed E-state index contributed by atoms with van der Waals surface area (Å²) < 4.78 is 0. The van der Waals surface area contributed by atoms with E-state index < -0.39 is 17.0 Å². The summed E-state index contributed by atoms with van der Waals surface area (Å²) in [6.45, 7) is 2.86. The molecule has 1 nitrogen and oxygen atoms in total. The molecular weight excluding hydrogens is 337 g/mol. The number of fused-ring (bicyclic) bond motifs is 1. The van der Waals surface area contributed by atoms with Crippen LogP contribution in [0.3, 0.4) is 0 Å². The number of allylic oxidation sites excluding steroid dienone is 1. The molecule has 1 aliphatic rings. The summed E-state index contributed by atoms with van der Waals surface area (Å²) >= 11 is -0.556. The maximum absolute atomic E-state index is 4.89. The summed E-state index contributed by atoms with van der Waals surface area (Å²) in [4.78, 5) is 0. The van der Waals surface area contributed by atoms with E-state index in [1.54, 1.807) is 0 Å². The third kappa shape index (κ3) is 4.90. The van der Waals surface area contributed by atoms with Crippen molar-refractivity contribution in [3.8, 4) is 0 Å². The fourth-order valence-electron chi connectivity index (χ4n) is 2.33. The van der Waals surface area contributed by atoms with Gasteiger partial charge in [0.05, 0.1) is 0 Å². The van der Waals surface area contributed by atoms with Crippen molar-refractivity contribution >= 4 is 30.4 Å². The minimum atomic E-state index is -0.556. The van der Waals surface area contributed by atoms with Crippen LogP contribution >= 0.6 is 18.6 Å². The minimum absolute atomic E-state index is 0.556. The number of halogens is 2. The van der Waals surface area contributed by atoms with Crippen LogP contribution in [0.2, 0.25) is 0 Å². The summed E-state index contributed by atoms with van der Waals surface area (Å²) in [5.41, 5.74) is 6.44. The van der Waals surface area contributed by atoms with Crippen LogP contribution in [0.15, 0.2) is 48.5 Å². The molecule has 0 N–H and O–H groups in total. The van der Waals surface area contributed by atoms with E-state index in [1.807, 2.05) is 0 Å². The van der Waals surface area contributed by atoms with Crippen LogP contribution < -0.4 is 0 Å². The van der Waals surface area contributed by atoms with Crippen LogP contribution in [-0.4, -0.2) is 0 Å². The third-order valence-corrected chi connectivity index (χ3v) is 3.37. The molecule has 0 atom stereocenters. The molecule has 2 aromatic carbocycles. The van der Waals surface area contributed by atoms with Gasteiger partial charge < -0.3 is 5.32 Å². The van der Waals surface area contributed by atoms with Gasteiger partial charge in [0, 0.05) is 0 Å². The van der Waals surface area contributed by atoms with Crippen molar-refractivity contribution in [1.82, 2.24) is 0 Å². The summed E-state index contributed by atoms with van der Waals surface area (Å²) in [6.07, 6.45) is 5.50.